The topological polar surface area (TPSA) is 79.2 Å². The third kappa shape index (κ3) is 14.0. The Bertz CT molecular complexity index is 7960. The maximum Gasteiger partial charge on any atom is 0.238 e. The molecule has 138 heavy (non-hydrogen) atoms. The number of para-hydroxylation sites is 3. The molecule has 0 atom stereocenters. The van der Waals surface area contributed by atoms with Crippen LogP contribution >= 0.6 is 0 Å². The number of fused-ring (bicyclic) bond motifs is 18. The van der Waals surface area contributed by atoms with Crippen LogP contribution in [-0.4, -0.2) is 38.6 Å². The van der Waals surface area contributed by atoms with E-state index in [4.69, 9.17) is 24.9 Å². The Hall–Kier alpha value is -17.3. The Morgan fingerprint density at radius 3 is 0.775 bits per heavy atom. The molecule has 3 aliphatic rings. The molecule has 0 fully saturated rings. The third-order valence-electron chi connectivity index (χ3n) is 29.1. The van der Waals surface area contributed by atoms with Crippen LogP contribution in [0.4, 0.5) is 0 Å². The molecule has 0 aliphatic heterocycles. The van der Waals surface area contributed by atoms with Crippen molar-refractivity contribution in [3.05, 3.63) is 494 Å². The molecule has 0 N–H and O–H groups in total. The Morgan fingerprint density at radius 1 is 0.159 bits per heavy atom. The van der Waals surface area contributed by atoms with Gasteiger partial charge in [0.2, 0.25) is 11.9 Å². The van der Waals surface area contributed by atoms with Gasteiger partial charge >= 0.3 is 0 Å². The van der Waals surface area contributed by atoms with Crippen molar-refractivity contribution < 1.29 is 0 Å². The SMILES string of the molecule is CC1(C)c2ccccc2-c2cc(-c3ccc4c(c3)c3ccccc3n4-c3cc(-c4ccccc4)cc(-c4ccccc4)c3)ccc21.CC1(C)c2ccccc2-c2cc(-c3ccc4c(c3)c3ccccc3n4-c3nc(-c4ccccc4)cc(-c4ccccc4)n3)ccc21.CC1(C)c2ccccc2-c2cc(-c3ccc4c(c3)c3ccccc3n4-c3nc(-c4ccccc4)nc(-c4ccccc4)n3)ccc21. The van der Waals surface area contributed by atoms with Crippen LogP contribution in [0.3, 0.4) is 0 Å². The number of nitrogens with zero attached hydrogens (tertiary/aromatic N) is 8. The Labute approximate surface area is 802 Å². The zero-order chi connectivity index (χ0) is 92.5. The lowest BCUT2D eigenvalue weighted by atomic mass is 9.82. The van der Waals surface area contributed by atoms with Gasteiger partial charge in [0.15, 0.2) is 11.6 Å². The van der Waals surface area contributed by atoms with E-state index in [9.17, 15) is 0 Å². The van der Waals surface area contributed by atoms with E-state index in [1.165, 1.54) is 155 Å². The molecule has 19 aromatic carbocycles. The molecule has 8 heteroatoms. The molecule has 0 unspecified atom stereocenters. The van der Waals surface area contributed by atoms with E-state index in [2.05, 4.69) is 443 Å². The smallest absolute Gasteiger partial charge is 0.238 e. The van der Waals surface area contributed by atoms with Crippen LogP contribution in [0.1, 0.15) is 74.9 Å². The Morgan fingerprint density at radius 2 is 0.420 bits per heavy atom. The second-order valence-electron chi connectivity index (χ2n) is 38.2. The summed E-state index contributed by atoms with van der Waals surface area (Å²) in [5.41, 5.74) is 42.3. The highest BCUT2D eigenvalue weighted by molar-refractivity contribution is 6.13. The first kappa shape index (κ1) is 82.6. The molecule has 5 aromatic heterocycles. The average molecular weight is 1770 g/mol. The van der Waals surface area contributed by atoms with Crippen molar-refractivity contribution in [3.8, 4) is 152 Å². The molecule has 654 valence electrons. The highest BCUT2D eigenvalue weighted by atomic mass is 15.2. The number of hydrogen-bond acceptors (Lipinski definition) is 5. The normalized spacial score (nSPS) is 13.2. The summed E-state index contributed by atoms with van der Waals surface area (Å²) in [4.78, 5) is 25.4. The lowest BCUT2D eigenvalue weighted by Crippen LogP contribution is -2.14. The molecule has 5 heterocycles. The summed E-state index contributed by atoms with van der Waals surface area (Å²) in [7, 11) is 0. The van der Waals surface area contributed by atoms with Gasteiger partial charge in [-0.15, -0.1) is 0 Å². The summed E-state index contributed by atoms with van der Waals surface area (Å²) in [6.45, 7) is 14.0. The molecular weight excluding hydrogens is 1670 g/mol. The maximum absolute atomic E-state index is 5.18. The van der Waals surface area contributed by atoms with Crippen LogP contribution in [0.15, 0.2) is 461 Å². The minimum Gasteiger partial charge on any atom is -0.309 e. The fourth-order valence-electron chi connectivity index (χ4n) is 22.1. The van der Waals surface area contributed by atoms with Crippen molar-refractivity contribution in [3.63, 3.8) is 0 Å². The number of hydrogen-bond donors (Lipinski definition) is 0. The largest absolute Gasteiger partial charge is 0.309 e. The number of benzene rings is 19. The van der Waals surface area contributed by atoms with Gasteiger partial charge in [-0.05, 0) is 219 Å². The second kappa shape index (κ2) is 33.1. The summed E-state index contributed by atoms with van der Waals surface area (Å²) >= 11 is 0. The van der Waals surface area contributed by atoms with Crippen molar-refractivity contribution in [2.24, 2.45) is 0 Å². The second-order valence-corrected chi connectivity index (χ2v) is 38.2. The molecule has 0 radical (unpaired) electrons. The maximum atomic E-state index is 5.18. The monoisotopic (exact) mass is 1770 g/mol. The zero-order valence-corrected chi connectivity index (χ0v) is 77.5. The van der Waals surface area contributed by atoms with E-state index in [1.54, 1.807) is 0 Å². The molecule has 0 spiro atoms. The summed E-state index contributed by atoms with van der Waals surface area (Å²) in [5.74, 6) is 2.56. The van der Waals surface area contributed by atoms with Crippen LogP contribution in [-0.2, 0) is 16.2 Å². The highest BCUT2D eigenvalue weighted by Crippen LogP contribution is 2.54. The summed E-state index contributed by atoms with van der Waals surface area (Å²) in [6.07, 6.45) is 0. The quantitative estimate of drug-likeness (QED) is 0.122. The summed E-state index contributed by atoms with van der Waals surface area (Å²) in [5, 5.41) is 7.22. The molecule has 0 saturated carbocycles. The van der Waals surface area contributed by atoms with Crippen LogP contribution < -0.4 is 0 Å². The molecule has 0 saturated heterocycles. The predicted molar refractivity (Wildman–Crippen MR) is 573 cm³/mol. The molecule has 0 amide bonds. The van der Waals surface area contributed by atoms with E-state index < -0.39 is 0 Å². The summed E-state index contributed by atoms with van der Waals surface area (Å²) < 4.78 is 6.83. The Balaban J connectivity index is 0.000000110. The van der Waals surface area contributed by atoms with Crippen LogP contribution in [0.5, 0.6) is 0 Å². The third-order valence-corrected chi connectivity index (χ3v) is 29.1. The first-order chi connectivity index (χ1) is 67.7. The number of aromatic nitrogens is 8. The van der Waals surface area contributed by atoms with Crippen LogP contribution in [0.2, 0.25) is 0 Å². The standard InChI is InChI=1S/C45H33N.C43H31N3.C42H30N4/c1-45(2)41-19-11-9-17-37(41)39-28-32(21-23-42(39)45)33-22-24-44-40(29-33)38-18-10-12-20-43(38)46(44)36-26-34(30-13-5-3-6-14-30)25-35(27-36)31-15-7-4-8-16-31;1-43(2)36-19-11-9-17-32(36)34-25-30(21-23-37(34)43)31-22-24-41-35(26-31)33-18-10-12-20-40(33)46(41)42-44-38(28-13-5-3-6-14-28)27-39(45-42)29-15-7-4-8-16-29;1-42(2)35-19-11-9-17-31(35)33-25-29(21-23-36(33)42)30-22-24-38-34(26-30)32-18-10-12-20-37(32)46(38)41-44-39(27-13-5-3-6-14-27)43-40(45-41)28-15-7-4-8-16-28/h3-29H,1-2H3;3-27H,1-2H3;3-26H,1-2H3. The fraction of sp³-hybridized carbons (Fsp3) is 0.0692. The average Bonchev–Trinajstić information content (AvgIpc) is 1.59. The van der Waals surface area contributed by atoms with Gasteiger partial charge in [-0.25, -0.2) is 15.0 Å². The van der Waals surface area contributed by atoms with E-state index in [-0.39, 0.29) is 16.2 Å². The minimum absolute atomic E-state index is 0.00524. The molecule has 27 rings (SSSR count). The van der Waals surface area contributed by atoms with Crippen molar-refractivity contribution in [1.29, 1.82) is 0 Å². The van der Waals surface area contributed by atoms with Gasteiger partial charge in [-0.1, -0.05) is 406 Å². The van der Waals surface area contributed by atoms with Crippen LogP contribution in [0.25, 0.3) is 217 Å². The Kier molecular flexibility index (Phi) is 19.8. The van der Waals surface area contributed by atoms with Crippen LogP contribution in [0, 0.1) is 0 Å². The van der Waals surface area contributed by atoms with E-state index in [1.807, 2.05) is 72.8 Å². The molecular formula is C130H94N8. The van der Waals surface area contributed by atoms with Crippen molar-refractivity contribution in [1.82, 2.24) is 38.6 Å². The van der Waals surface area contributed by atoms with E-state index in [0.717, 1.165) is 72.2 Å². The van der Waals surface area contributed by atoms with E-state index >= 15 is 0 Å². The fourth-order valence-corrected chi connectivity index (χ4v) is 22.1. The van der Waals surface area contributed by atoms with Gasteiger partial charge in [0.1, 0.15) is 0 Å². The molecule has 8 nitrogen and oxygen atoms in total. The van der Waals surface area contributed by atoms with Crippen molar-refractivity contribution in [2.45, 2.75) is 57.8 Å². The summed E-state index contributed by atoms with van der Waals surface area (Å²) in [6, 6.07) is 165. The van der Waals surface area contributed by atoms with Gasteiger partial charge < -0.3 is 4.57 Å². The van der Waals surface area contributed by atoms with Gasteiger partial charge in [0, 0.05) is 76.5 Å². The van der Waals surface area contributed by atoms with Crippen molar-refractivity contribution >= 4 is 65.4 Å². The highest BCUT2D eigenvalue weighted by Gasteiger charge is 2.39. The zero-order valence-electron chi connectivity index (χ0n) is 77.5. The lowest BCUT2D eigenvalue weighted by molar-refractivity contribution is 0.660. The minimum atomic E-state index is -0.0103. The first-order valence-corrected chi connectivity index (χ1v) is 47.7. The van der Waals surface area contributed by atoms with Gasteiger partial charge in [0.25, 0.3) is 0 Å². The number of rotatable bonds is 12. The first-order valence-electron chi connectivity index (χ1n) is 47.7. The van der Waals surface area contributed by atoms with Gasteiger partial charge in [-0.2, -0.15) is 9.97 Å². The molecule has 3 aliphatic carbocycles. The van der Waals surface area contributed by atoms with E-state index in [0.29, 0.717) is 23.5 Å². The van der Waals surface area contributed by atoms with Gasteiger partial charge in [-0.3, -0.25) is 9.13 Å². The molecule has 0 bridgehead atoms. The lowest BCUT2D eigenvalue weighted by Gasteiger charge is -2.21. The van der Waals surface area contributed by atoms with Gasteiger partial charge in [0.05, 0.1) is 44.5 Å². The molecule has 24 aromatic rings. The predicted octanol–water partition coefficient (Wildman–Crippen LogP) is 33.2. The van der Waals surface area contributed by atoms with Crippen molar-refractivity contribution in [2.75, 3.05) is 0 Å².